The number of para-hydroxylation sites is 1. The molecule has 200 valence electrons. The van der Waals surface area contributed by atoms with Crippen LogP contribution in [-0.4, -0.2) is 46.2 Å². The fourth-order valence-electron chi connectivity index (χ4n) is 4.18. The van der Waals surface area contributed by atoms with Gasteiger partial charge in [0.05, 0.1) is 17.1 Å². The van der Waals surface area contributed by atoms with Crippen molar-refractivity contribution in [2.24, 2.45) is 11.1 Å². The molecule has 4 rings (SSSR count). The topological polar surface area (TPSA) is 131 Å². The maximum atomic E-state index is 12.3. The Labute approximate surface area is 220 Å². The van der Waals surface area contributed by atoms with Gasteiger partial charge < -0.3 is 19.6 Å². The molecule has 2 heterocycles. The number of carbonyl (C=O) groups excluding carboxylic acids is 2. The van der Waals surface area contributed by atoms with Crippen LogP contribution in [0, 0.1) is 12.8 Å². The molecule has 1 aromatic heterocycles. The summed E-state index contributed by atoms with van der Waals surface area (Å²) in [5.41, 5.74) is 5.34. The highest BCUT2D eigenvalue weighted by atomic mass is 16.6. The van der Waals surface area contributed by atoms with E-state index in [1.165, 1.54) is 0 Å². The van der Waals surface area contributed by atoms with Crippen molar-refractivity contribution in [3.8, 4) is 5.75 Å². The standard InChI is InChI=1S/C28H32N4O6/c1-17-13-19(21-7-5-6-8-23(21)30-17)16-36-20-11-9-18(10-12-20)24-14-25(38-32-24)22(26(33)31-35)15-29-27(34)37-28(2,3)4/h5-13,22,25,35H,14-16H2,1-4H3,(H,29,34)(H,31,33). The van der Waals surface area contributed by atoms with Gasteiger partial charge in [-0.25, -0.2) is 10.3 Å². The average Bonchev–Trinajstić information content (AvgIpc) is 3.36. The van der Waals surface area contributed by atoms with Crippen molar-refractivity contribution in [3.05, 3.63) is 71.4 Å². The molecule has 2 amide bonds. The molecule has 38 heavy (non-hydrogen) atoms. The summed E-state index contributed by atoms with van der Waals surface area (Å²) in [6.45, 7) is 7.49. The van der Waals surface area contributed by atoms with Gasteiger partial charge in [-0.1, -0.05) is 23.4 Å². The molecule has 2 atom stereocenters. The largest absolute Gasteiger partial charge is 0.489 e. The highest BCUT2D eigenvalue weighted by molar-refractivity contribution is 6.01. The number of ether oxygens (including phenoxy) is 2. The molecule has 2 unspecified atom stereocenters. The maximum Gasteiger partial charge on any atom is 0.407 e. The Morgan fingerprint density at radius 2 is 1.89 bits per heavy atom. The molecule has 1 aliphatic rings. The molecular weight excluding hydrogens is 488 g/mol. The van der Waals surface area contributed by atoms with Gasteiger partial charge in [0.1, 0.15) is 24.1 Å². The van der Waals surface area contributed by atoms with Crippen LogP contribution in [0.2, 0.25) is 0 Å². The molecule has 0 fully saturated rings. The van der Waals surface area contributed by atoms with Crippen LogP contribution in [0.15, 0.2) is 59.8 Å². The van der Waals surface area contributed by atoms with Gasteiger partial charge in [0, 0.05) is 29.6 Å². The number of alkyl carbamates (subject to hydrolysis) is 1. The number of hydrogen-bond donors (Lipinski definition) is 3. The summed E-state index contributed by atoms with van der Waals surface area (Å²) in [4.78, 5) is 34.4. The number of nitrogens with one attached hydrogen (secondary N) is 2. The zero-order chi connectivity index (χ0) is 27.3. The molecule has 0 spiro atoms. The molecule has 1 aliphatic heterocycles. The monoisotopic (exact) mass is 520 g/mol. The number of fused-ring (bicyclic) bond motifs is 1. The summed E-state index contributed by atoms with van der Waals surface area (Å²) in [5.74, 6) is -0.873. The number of hydroxylamine groups is 1. The van der Waals surface area contributed by atoms with Gasteiger partial charge in [-0.05, 0) is 69.7 Å². The SMILES string of the molecule is Cc1cc(COc2ccc(C3=NOC(C(CNC(=O)OC(C)(C)C)C(=O)NO)C3)cc2)c2ccccc2n1. The first-order chi connectivity index (χ1) is 18.1. The van der Waals surface area contributed by atoms with Gasteiger partial charge in [0.25, 0.3) is 5.91 Å². The number of oxime groups is 1. The van der Waals surface area contributed by atoms with Crippen molar-refractivity contribution >= 4 is 28.6 Å². The fourth-order valence-corrected chi connectivity index (χ4v) is 4.18. The average molecular weight is 521 g/mol. The summed E-state index contributed by atoms with van der Waals surface area (Å²) in [5, 5.41) is 16.9. The van der Waals surface area contributed by atoms with E-state index in [0.29, 0.717) is 24.5 Å². The van der Waals surface area contributed by atoms with Crippen LogP contribution in [0.25, 0.3) is 10.9 Å². The molecule has 0 aliphatic carbocycles. The lowest BCUT2D eigenvalue weighted by molar-refractivity contribution is -0.137. The van der Waals surface area contributed by atoms with Crippen molar-refractivity contribution in [1.82, 2.24) is 15.8 Å². The second-order valence-corrected chi connectivity index (χ2v) is 10.1. The summed E-state index contributed by atoms with van der Waals surface area (Å²) < 4.78 is 11.2. The van der Waals surface area contributed by atoms with Gasteiger partial charge >= 0.3 is 6.09 Å². The Morgan fingerprint density at radius 1 is 1.16 bits per heavy atom. The number of carbonyl (C=O) groups is 2. The van der Waals surface area contributed by atoms with E-state index in [4.69, 9.17) is 14.3 Å². The lowest BCUT2D eigenvalue weighted by Gasteiger charge is -2.23. The molecule has 3 aromatic rings. The lowest BCUT2D eigenvalue weighted by atomic mass is 9.95. The van der Waals surface area contributed by atoms with Crippen molar-refractivity contribution < 1.29 is 29.1 Å². The Bertz CT molecular complexity index is 1330. The van der Waals surface area contributed by atoms with Crippen molar-refractivity contribution in [1.29, 1.82) is 0 Å². The van der Waals surface area contributed by atoms with Gasteiger partial charge in [-0.15, -0.1) is 0 Å². The lowest BCUT2D eigenvalue weighted by Crippen LogP contribution is -2.45. The highest BCUT2D eigenvalue weighted by Crippen LogP contribution is 2.25. The van der Waals surface area contributed by atoms with E-state index in [2.05, 4.69) is 15.5 Å². The Balaban J connectivity index is 1.36. The molecule has 0 bridgehead atoms. The zero-order valence-corrected chi connectivity index (χ0v) is 21.9. The minimum Gasteiger partial charge on any atom is -0.489 e. The molecule has 10 heteroatoms. The summed E-state index contributed by atoms with van der Waals surface area (Å²) in [6, 6.07) is 17.4. The molecule has 2 aromatic carbocycles. The molecular formula is C28H32N4O6. The molecule has 10 nitrogen and oxygen atoms in total. The van der Waals surface area contributed by atoms with Crippen LogP contribution < -0.4 is 15.5 Å². The van der Waals surface area contributed by atoms with Crippen LogP contribution in [0.1, 0.15) is 44.0 Å². The van der Waals surface area contributed by atoms with Crippen molar-refractivity contribution in [3.63, 3.8) is 0 Å². The van der Waals surface area contributed by atoms with E-state index in [0.717, 1.165) is 27.7 Å². The maximum absolute atomic E-state index is 12.3. The van der Waals surface area contributed by atoms with E-state index in [1.54, 1.807) is 26.3 Å². The quantitative estimate of drug-likeness (QED) is 0.299. The normalized spacial score (nSPS) is 15.8. The summed E-state index contributed by atoms with van der Waals surface area (Å²) >= 11 is 0. The first-order valence-corrected chi connectivity index (χ1v) is 12.3. The van der Waals surface area contributed by atoms with Gasteiger partial charge in [0.15, 0.2) is 0 Å². The second kappa shape index (κ2) is 11.5. The van der Waals surface area contributed by atoms with Gasteiger partial charge in [-0.2, -0.15) is 0 Å². The molecule has 0 radical (unpaired) electrons. The molecule has 0 saturated carbocycles. The minimum atomic E-state index is -0.880. The highest BCUT2D eigenvalue weighted by Gasteiger charge is 2.36. The van der Waals surface area contributed by atoms with Crippen LogP contribution in [0.5, 0.6) is 5.75 Å². The predicted molar refractivity (Wildman–Crippen MR) is 141 cm³/mol. The van der Waals surface area contributed by atoms with Gasteiger partial charge in [-0.3, -0.25) is 15.0 Å². The van der Waals surface area contributed by atoms with E-state index < -0.39 is 29.6 Å². The third kappa shape index (κ3) is 6.77. The fraction of sp³-hybridized carbons (Fsp3) is 0.357. The third-order valence-electron chi connectivity index (χ3n) is 5.97. The second-order valence-electron chi connectivity index (χ2n) is 10.1. The van der Waals surface area contributed by atoms with Crippen LogP contribution >= 0.6 is 0 Å². The number of aryl methyl sites for hydroxylation is 1. The number of rotatable bonds is 8. The number of amides is 2. The minimum absolute atomic E-state index is 0.0925. The number of benzene rings is 2. The third-order valence-corrected chi connectivity index (χ3v) is 5.97. The van der Waals surface area contributed by atoms with E-state index in [1.807, 2.05) is 61.5 Å². The number of aromatic nitrogens is 1. The van der Waals surface area contributed by atoms with Crippen LogP contribution in [-0.2, 0) is 21.0 Å². The Hall–Kier alpha value is -4.18. The Kier molecular flexibility index (Phi) is 8.11. The first-order valence-electron chi connectivity index (χ1n) is 12.3. The summed E-state index contributed by atoms with van der Waals surface area (Å²) in [6.07, 6.45) is -1.03. The smallest absolute Gasteiger partial charge is 0.407 e. The first kappa shape index (κ1) is 26.9. The molecule has 3 N–H and O–H groups in total. The number of nitrogens with zero attached hydrogens (tertiary/aromatic N) is 2. The Morgan fingerprint density at radius 3 is 2.61 bits per heavy atom. The molecule has 0 saturated heterocycles. The van der Waals surface area contributed by atoms with E-state index in [-0.39, 0.29) is 6.54 Å². The predicted octanol–water partition coefficient (Wildman–Crippen LogP) is 4.26. The number of hydrogen-bond acceptors (Lipinski definition) is 8. The van der Waals surface area contributed by atoms with Gasteiger partial charge in [0.2, 0.25) is 0 Å². The van der Waals surface area contributed by atoms with Crippen LogP contribution in [0.3, 0.4) is 0 Å². The van der Waals surface area contributed by atoms with Crippen molar-refractivity contribution in [2.75, 3.05) is 6.54 Å². The van der Waals surface area contributed by atoms with Crippen molar-refractivity contribution in [2.45, 2.75) is 52.4 Å². The summed E-state index contributed by atoms with van der Waals surface area (Å²) in [7, 11) is 0. The number of pyridine rings is 1. The van der Waals surface area contributed by atoms with E-state index >= 15 is 0 Å². The van der Waals surface area contributed by atoms with E-state index in [9.17, 15) is 14.8 Å². The van der Waals surface area contributed by atoms with Crippen LogP contribution in [0.4, 0.5) is 4.79 Å². The zero-order valence-electron chi connectivity index (χ0n) is 21.9.